The summed E-state index contributed by atoms with van der Waals surface area (Å²) in [6.07, 6.45) is 1.85. The van der Waals surface area contributed by atoms with E-state index in [9.17, 15) is 9.59 Å². The number of amides is 1. The molecule has 0 saturated carbocycles. The zero-order valence-corrected chi connectivity index (χ0v) is 26.4. The first-order valence-electron chi connectivity index (χ1n) is 14.3. The minimum atomic E-state index is -0.190. The molecule has 224 valence electrons. The number of piperidine rings is 1. The first-order chi connectivity index (χ1) is 20.8. The third-order valence-electron chi connectivity index (χ3n) is 7.67. The third-order valence-corrected chi connectivity index (χ3v) is 9.09. The highest BCUT2D eigenvalue weighted by Gasteiger charge is 2.32. The number of hydrogen-bond acceptors (Lipinski definition) is 6. The van der Waals surface area contributed by atoms with E-state index >= 15 is 0 Å². The van der Waals surface area contributed by atoms with Crippen LogP contribution in [0.2, 0.25) is 10.0 Å². The van der Waals surface area contributed by atoms with Gasteiger partial charge < -0.3 is 15.4 Å². The molecule has 3 atom stereocenters. The summed E-state index contributed by atoms with van der Waals surface area (Å²) in [5.74, 6) is 0.668. The van der Waals surface area contributed by atoms with Crippen molar-refractivity contribution in [2.24, 2.45) is 5.92 Å². The second-order valence-corrected chi connectivity index (χ2v) is 12.7. The Morgan fingerprint density at radius 1 is 1.07 bits per heavy atom. The first-order valence-corrected chi connectivity index (χ1v) is 15.9. The number of hydrogen-bond donors (Lipinski definition) is 2. The van der Waals surface area contributed by atoms with Crippen molar-refractivity contribution in [3.63, 3.8) is 0 Å². The summed E-state index contributed by atoms with van der Waals surface area (Å²) in [5.41, 5.74) is 2.19. The lowest BCUT2D eigenvalue weighted by Gasteiger charge is -2.32. The number of carbonyl (C=O) groups excluding carboxylic acids is 1. The molecule has 3 aromatic carbocycles. The van der Waals surface area contributed by atoms with E-state index in [-0.39, 0.29) is 29.3 Å². The van der Waals surface area contributed by atoms with Gasteiger partial charge in [0.25, 0.3) is 5.56 Å². The van der Waals surface area contributed by atoms with Gasteiger partial charge in [0, 0.05) is 44.9 Å². The van der Waals surface area contributed by atoms with Crippen LogP contribution in [0.3, 0.4) is 0 Å². The molecular formula is C33H34Cl2N4O3S. The van der Waals surface area contributed by atoms with E-state index < -0.39 is 0 Å². The zero-order chi connectivity index (χ0) is 30.3. The van der Waals surface area contributed by atoms with Gasteiger partial charge in [-0.05, 0) is 105 Å². The molecule has 0 bridgehead atoms. The van der Waals surface area contributed by atoms with E-state index in [1.54, 1.807) is 19.2 Å². The molecule has 1 aliphatic rings. The minimum absolute atomic E-state index is 0.0401. The van der Waals surface area contributed by atoms with Crippen molar-refractivity contribution < 1.29 is 9.53 Å². The van der Waals surface area contributed by atoms with Crippen molar-refractivity contribution in [2.45, 2.75) is 48.1 Å². The van der Waals surface area contributed by atoms with Gasteiger partial charge in [-0.15, -0.1) is 0 Å². The number of aryl methyl sites for hydroxylation is 1. The number of ether oxygens (including phenoxy) is 1. The van der Waals surface area contributed by atoms with Gasteiger partial charge in [-0.25, -0.2) is 0 Å². The summed E-state index contributed by atoms with van der Waals surface area (Å²) in [5, 5.41) is 13.3. The monoisotopic (exact) mass is 636 g/mol. The van der Waals surface area contributed by atoms with E-state index in [1.807, 2.05) is 73.7 Å². The van der Waals surface area contributed by atoms with Crippen LogP contribution in [0.15, 0.2) is 93.6 Å². The van der Waals surface area contributed by atoms with Crippen LogP contribution >= 0.6 is 35.0 Å². The maximum absolute atomic E-state index is 13.6. The fraction of sp³-hybridized carbons (Fsp3) is 0.303. The second-order valence-electron chi connectivity index (χ2n) is 10.7. The lowest BCUT2D eigenvalue weighted by atomic mass is 9.80. The Morgan fingerprint density at radius 3 is 2.42 bits per heavy atom. The van der Waals surface area contributed by atoms with E-state index in [0.717, 1.165) is 30.0 Å². The van der Waals surface area contributed by atoms with Crippen molar-refractivity contribution in [3.05, 3.63) is 110 Å². The van der Waals surface area contributed by atoms with E-state index in [2.05, 4.69) is 15.7 Å². The molecule has 1 aliphatic heterocycles. The van der Waals surface area contributed by atoms with Crippen LogP contribution in [0.4, 0.5) is 0 Å². The molecule has 5 rings (SSSR count). The van der Waals surface area contributed by atoms with Gasteiger partial charge in [0.15, 0.2) is 0 Å². The highest BCUT2D eigenvalue weighted by Crippen LogP contribution is 2.31. The fourth-order valence-electron chi connectivity index (χ4n) is 5.30. The molecular weight excluding hydrogens is 603 g/mol. The number of carbonyl (C=O) groups is 1. The van der Waals surface area contributed by atoms with E-state index in [4.69, 9.17) is 27.9 Å². The van der Waals surface area contributed by atoms with Crippen molar-refractivity contribution in [1.82, 2.24) is 20.4 Å². The number of methoxy groups -OCH3 is 1. The van der Waals surface area contributed by atoms with Crippen molar-refractivity contribution in [3.8, 4) is 11.4 Å². The lowest BCUT2D eigenvalue weighted by molar-refractivity contribution is -0.127. The fourth-order valence-corrected chi connectivity index (χ4v) is 6.39. The van der Waals surface area contributed by atoms with Crippen molar-refractivity contribution >= 4 is 40.9 Å². The van der Waals surface area contributed by atoms with Gasteiger partial charge in [-0.3, -0.25) is 9.59 Å². The summed E-state index contributed by atoms with van der Waals surface area (Å²) in [6, 6.07) is 24.2. The van der Waals surface area contributed by atoms with Crippen LogP contribution in [0.1, 0.15) is 36.8 Å². The predicted molar refractivity (Wildman–Crippen MR) is 173 cm³/mol. The summed E-state index contributed by atoms with van der Waals surface area (Å²) >= 11 is 13.6. The quantitative estimate of drug-likeness (QED) is 0.206. The molecule has 0 unspecified atom stereocenters. The summed E-state index contributed by atoms with van der Waals surface area (Å²) in [6.45, 7) is 3.53. The molecule has 2 heterocycles. The Morgan fingerprint density at radius 2 is 1.74 bits per heavy atom. The SMILES string of the molecule is COc1ccc(-n2nc(Sc3ccc(Cl)cc3)cc(CC[C@@H](C)NC(=O)[C@H]3CCNC[C@@H]3c3ccc(Cl)cc3)c2=O)cc1. The number of rotatable bonds is 10. The summed E-state index contributed by atoms with van der Waals surface area (Å²) in [4.78, 5) is 28.0. The highest BCUT2D eigenvalue weighted by atomic mass is 35.5. The van der Waals surface area contributed by atoms with Crippen LogP contribution in [0.5, 0.6) is 5.75 Å². The molecule has 0 radical (unpaired) electrons. The molecule has 7 nitrogen and oxygen atoms in total. The van der Waals surface area contributed by atoms with E-state index in [0.29, 0.717) is 44.9 Å². The number of aromatic nitrogens is 2. The van der Waals surface area contributed by atoms with Gasteiger partial charge >= 0.3 is 0 Å². The highest BCUT2D eigenvalue weighted by molar-refractivity contribution is 7.99. The molecule has 4 aromatic rings. The number of benzene rings is 3. The molecule has 1 fully saturated rings. The van der Waals surface area contributed by atoms with Crippen LogP contribution < -0.4 is 20.9 Å². The lowest BCUT2D eigenvalue weighted by Crippen LogP contribution is -2.45. The topological polar surface area (TPSA) is 85.2 Å². The normalized spacial score (nSPS) is 17.3. The molecule has 2 N–H and O–H groups in total. The Kier molecular flexibility index (Phi) is 10.5. The second kappa shape index (κ2) is 14.4. The van der Waals surface area contributed by atoms with Gasteiger partial charge in [0.2, 0.25) is 5.91 Å². The Bertz CT molecular complexity index is 1590. The van der Waals surface area contributed by atoms with Crippen molar-refractivity contribution in [2.75, 3.05) is 20.2 Å². The Hall–Kier alpha value is -3.30. The van der Waals surface area contributed by atoms with Gasteiger partial charge in [-0.2, -0.15) is 9.78 Å². The first kappa shape index (κ1) is 31.1. The number of halogens is 2. The molecule has 0 aliphatic carbocycles. The molecule has 1 aromatic heterocycles. The molecule has 1 saturated heterocycles. The minimum Gasteiger partial charge on any atom is -0.497 e. The number of nitrogens with zero attached hydrogens (tertiary/aromatic N) is 2. The molecule has 1 amide bonds. The third kappa shape index (κ3) is 8.00. The average Bonchev–Trinajstić information content (AvgIpc) is 3.02. The van der Waals surface area contributed by atoms with E-state index in [1.165, 1.54) is 16.4 Å². The maximum atomic E-state index is 13.6. The average molecular weight is 638 g/mol. The zero-order valence-electron chi connectivity index (χ0n) is 24.1. The van der Waals surface area contributed by atoms with Gasteiger partial charge in [-0.1, -0.05) is 47.1 Å². The number of nitrogens with one attached hydrogen (secondary N) is 2. The van der Waals surface area contributed by atoms with Crippen LogP contribution in [0, 0.1) is 5.92 Å². The standard InChI is InChI=1S/C33H34Cl2N4O3S/c1-21(37-32(40)29-17-18-36-20-30(29)22-5-7-24(34)8-6-22)3-4-23-19-31(43-28-15-9-25(35)10-16-28)38-39(33(23)41)26-11-13-27(42-2)14-12-26/h5-16,19,21,29-30,36H,3-4,17-18,20H2,1-2H3,(H,37,40)/t21-,29+,30-/m1/s1. The van der Waals surface area contributed by atoms with Crippen LogP contribution in [-0.4, -0.2) is 41.9 Å². The molecule has 0 spiro atoms. The summed E-state index contributed by atoms with van der Waals surface area (Å²) < 4.78 is 6.71. The molecule has 10 heteroatoms. The predicted octanol–water partition coefficient (Wildman–Crippen LogP) is 6.53. The smallest absolute Gasteiger partial charge is 0.274 e. The summed E-state index contributed by atoms with van der Waals surface area (Å²) in [7, 11) is 1.60. The largest absolute Gasteiger partial charge is 0.497 e. The Labute approximate surface area is 265 Å². The molecule has 43 heavy (non-hydrogen) atoms. The van der Waals surface area contributed by atoms with Gasteiger partial charge in [0.1, 0.15) is 10.8 Å². The van der Waals surface area contributed by atoms with Crippen LogP contribution in [0.25, 0.3) is 5.69 Å². The Balaban J connectivity index is 1.32. The maximum Gasteiger partial charge on any atom is 0.274 e. The van der Waals surface area contributed by atoms with Gasteiger partial charge in [0.05, 0.1) is 12.8 Å². The van der Waals surface area contributed by atoms with Crippen LogP contribution in [-0.2, 0) is 11.2 Å². The van der Waals surface area contributed by atoms with Crippen molar-refractivity contribution in [1.29, 1.82) is 0 Å².